The van der Waals surface area contributed by atoms with Crippen molar-refractivity contribution in [2.45, 2.75) is 32.7 Å². The fourth-order valence-electron chi connectivity index (χ4n) is 2.11. The molecule has 1 amide bonds. The Morgan fingerprint density at radius 3 is 1.96 bits per heavy atom. The van der Waals surface area contributed by atoms with Gasteiger partial charge in [0.25, 0.3) is 5.91 Å². The maximum absolute atomic E-state index is 12.6. The van der Waals surface area contributed by atoms with Crippen molar-refractivity contribution in [3.8, 4) is 0 Å². The summed E-state index contributed by atoms with van der Waals surface area (Å²) < 4.78 is 0. The quantitative estimate of drug-likeness (QED) is 0.813. The molecule has 0 heterocycles. The summed E-state index contributed by atoms with van der Waals surface area (Å²) in [5.41, 5.74) is 0.660. The Balaban J connectivity index is 2.14. The van der Waals surface area contributed by atoms with E-state index in [1.165, 1.54) is 0 Å². The highest BCUT2D eigenvalue weighted by Gasteiger charge is 2.31. The van der Waals surface area contributed by atoms with Gasteiger partial charge >= 0.3 is 5.97 Å². The lowest BCUT2D eigenvalue weighted by Crippen LogP contribution is -2.47. The van der Waals surface area contributed by atoms with Crippen LogP contribution in [0.3, 0.4) is 0 Å². The molecule has 2 rings (SSSR count). The zero-order chi connectivity index (χ0) is 16.9. The van der Waals surface area contributed by atoms with Gasteiger partial charge in [0, 0.05) is 0 Å². The van der Waals surface area contributed by atoms with Crippen LogP contribution >= 0.6 is 0 Å². The second-order valence-corrected chi connectivity index (χ2v) is 6.27. The van der Waals surface area contributed by atoms with E-state index in [2.05, 4.69) is 0 Å². The van der Waals surface area contributed by atoms with Crippen LogP contribution in [0.5, 0.6) is 0 Å². The maximum Gasteiger partial charge on any atom is 0.363 e. The van der Waals surface area contributed by atoms with Crippen LogP contribution in [0.2, 0.25) is 0 Å². The van der Waals surface area contributed by atoms with E-state index in [0.717, 1.165) is 10.6 Å². The van der Waals surface area contributed by atoms with Gasteiger partial charge in [-0.05, 0) is 38.5 Å². The van der Waals surface area contributed by atoms with Crippen LogP contribution in [0.1, 0.15) is 36.7 Å². The van der Waals surface area contributed by atoms with Crippen molar-refractivity contribution in [2.75, 3.05) is 0 Å². The molecule has 0 radical (unpaired) electrons. The SMILES string of the molecule is CC(C)(C)N(OC(=O)c1ccccc1)C(=O)Cc1ccccc1. The highest BCUT2D eigenvalue weighted by atomic mass is 16.7. The van der Waals surface area contributed by atoms with Gasteiger partial charge in [0.1, 0.15) is 0 Å². The van der Waals surface area contributed by atoms with Crippen molar-refractivity contribution in [2.24, 2.45) is 0 Å². The van der Waals surface area contributed by atoms with Gasteiger partial charge in [-0.1, -0.05) is 48.5 Å². The Hall–Kier alpha value is -2.62. The molecule has 0 aromatic heterocycles. The molecule has 0 atom stereocenters. The second-order valence-electron chi connectivity index (χ2n) is 6.27. The minimum Gasteiger partial charge on any atom is -0.332 e. The third-order valence-corrected chi connectivity index (χ3v) is 3.22. The van der Waals surface area contributed by atoms with Gasteiger partial charge in [-0.25, -0.2) is 4.79 Å². The van der Waals surface area contributed by atoms with Crippen molar-refractivity contribution in [1.82, 2.24) is 5.06 Å². The summed E-state index contributed by atoms with van der Waals surface area (Å²) in [5, 5.41) is 1.16. The predicted octanol–water partition coefficient (Wildman–Crippen LogP) is 3.63. The predicted molar refractivity (Wildman–Crippen MR) is 88.6 cm³/mol. The number of amides is 1. The first kappa shape index (κ1) is 16.7. The summed E-state index contributed by atoms with van der Waals surface area (Å²) in [5.74, 6) is -0.796. The topological polar surface area (TPSA) is 46.6 Å². The fourth-order valence-corrected chi connectivity index (χ4v) is 2.11. The summed E-state index contributed by atoms with van der Waals surface area (Å²) >= 11 is 0. The van der Waals surface area contributed by atoms with Crippen LogP contribution in [-0.4, -0.2) is 22.5 Å². The van der Waals surface area contributed by atoms with E-state index < -0.39 is 11.5 Å². The fraction of sp³-hybridized carbons (Fsp3) is 0.263. The molecule has 0 aliphatic heterocycles. The molecule has 120 valence electrons. The largest absolute Gasteiger partial charge is 0.363 e. The molecule has 0 aliphatic carbocycles. The van der Waals surface area contributed by atoms with Crippen LogP contribution in [0.15, 0.2) is 60.7 Å². The normalized spacial score (nSPS) is 10.9. The molecule has 0 saturated heterocycles. The number of rotatable bonds is 3. The van der Waals surface area contributed by atoms with E-state index in [1.54, 1.807) is 24.3 Å². The van der Waals surface area contributed by atoms with E-state index in [1.807, 2.05) is 57.2 Å². The highest BCUT2D eigenvalue weighted by Crippen LogP contribution is 2.18. The van der Waals surface area contributed by atoms with Gasteiger partial charge in [-0.2, -0.15) is 5.06 Å². The average Bonchev–Trinajstić information content (AvgIpc) is 2.53. The van der Waals surface area contributed by atoms with Gasteiger partial charge in [0.2, 0.25) is 0 Å². The Kier molecular flexibility index (Phi) is 5.16. The number of nitrogens with zero attached hydrogens (tertiary/aromatic N) is 1. The van der Waals surface area contributed by atoms with Crippen LogP contribution in [0, 0.1) is 0 Å². The summed E-state index contributed by atoms with van der Waals surface area (Å²) in [6.45, 7) is 5.48. The molecule has 2 aromatic carbocycles. The molecular formula is C19H21NO3. The summed E-state index contributed by atoms with van der Waals surface area (Å²) in [7, 11) is 0. The Labute approximate surface area is 136 Å². The van der Waals surface area contributed by atoms with Crippen molar-refractivity contribution in [3.63, 3.8) is 0 Å². The monoisotopic (exact) mass is 311 g/mol. The van der Waals surface area contributed by atoms with Crippen LogP contribution in [0.25, 0.3) is 0 Å². The molecule has 0 saturated carbocycles. The lowest BCUT2D eigenvalue weighted by atomic mass is 10.1. The van der Waals surface area contributed by atoms with Crippen molar-refractivity contribution >= 4 is 11.9 Å². The standard InChI is InChI=1S/C19H21NO3/c1-19(2,3)20(17(21)14-15-10-6-4-7-11-15)23-18(22)16-12-8-5-9-13-16/h4-13H,14H2,1-3H3. The first-order chi connectivity index (χ1) is 10.9. The van der Waals surface area contributed by atoms with Gasteiger partial charge < -0.3 is 4.84 Å². The summed E-state index contributed by atoms with van der Waals surface area (Å²) in [6.07, 6.45) is 0.181. The number of carbonyl (C=O) groups is 2. The van der Waals surface area contributed by atoms with Gasteiger partial charge in [-0.15, -0.1) is 0 Å². The number of hydroxylamine groups is 2. The van der Waals surface area contributed by atoms with E-state index in [0.29, 0.717) is 5.56 Å². The van der Waals surface area contributed by atoms with E-state index in [4.69, 9.17) is 4.84 Å². The molecule has 0 bridgehead atoms. The Morgan fingerprint density at radius 2 is 1.43 bits per heavy atom. The molecule has 4 nitrogen and oxygen atoms in total. The number of benzene rings is 2. The minimum atomic E-state index is -0.629. The first-order valence-electron chi connectivity index (χ1n) is 7.52. The third kappa shape index (κ3) is 4.68. The lowest BCUT2D eigenvalue weighted by Gasteiger charge is -2.33. The molecule has 23 heavy (non-hydrogen) atoms. The molecule has 0 N–H and O–H groups in total. The molecule has 0 aliphatic rings. The highest BCUT2D eigenvalue weighted by molar-refractivity contribution is 5.90. The summed E-state index contributed by atoms with van der Waals surface area (Å²) in [6, 6.07) is 18.0. The average molecular weight is 311 g/mol. The molecule has 2 aromatic rings. The third-order valence-electron chi connectivity index (χ3n) is 3.22. The van der Waals surface area contributed by atoms with Gasteiger partial charge in [-0.3, -0.25) is 4.79 Å². The summed E-state index contributed by atoms with van der Waals surface area (Å²) in [4.78, 5) is 30.2. The molecule has 0 fully saturated rings. The Bertz CT molecular complexity index is 660. The Morgan fingerprint density at radius 1 is 0.913 bits per heavy atom. The van der Waals surface area contributed by atoms with Crippen LogP contribution in [0.4, 0.5) is 0 Å². The molecule has 4 heteroatoms. The van der Waals surface area contributed by atoms with Crippen LogP contribution < -0.4 is 0 Å². The number of carbonyl (C=O) groups excluding carboxylic acids is 2. The second kappa shape index (κ2) is 7.09. The zero-order valence-corrected chi connectivity index (χ0v) is 13.7. The smallest absolute Gasteiger partial charge is 0.332 e. The maximum atomic E-state index is 12.6. The number of hydrogen-bond donors (Lipinski definition) is 0. The van der Waals surface area contributed by atoms with Crippen LogP contribution in [-0.2, 0) is 16.1 Å². The molecule has 0 spiro atoms. The number of hydrogen-bond acceptors (Lipinski definition) is 3. The van der Waals surface area contributed by atoms with Crippen molar-refractivity contribution in [1.29, 1.82) is 0 Å². The van der Waals surface area contributed by atoms with E-state index in [9.17, 15) is 9.59 Å². The first-order valence-corrected chi connectivity index (χ1v) is 7.52. The van der Waals surface area contributed by atoms with Gasteiger partial charge in [0.05, 0.1) is 17.5 Å². The molecule has 0 unspecified atom stereocenters. The van der Waals surface area contributed by atoms with Crippen molar-refractivity contribution in [3.05, 3.63) is 71.8 Å². The van der Waals surface area contributed by atoms with Gasteiger partial charge in [0.15, 0.2) is 0 Å². The minimum absolute atomic E-state index is 0.181. The molecular weight excluding hydrogens is 290 g/mol. The zero-order valence-electron chi connectivity index (χ0n) is 13.7. The van der Waals surface area contributed by atoms with E-state index in [-0.39, 0.29) is 12.3 Å². The lowest BCUT2D eigenvalue weighted by molar-refractivity contribution is -0.187. The van der Waals surface area contributed by atoms with Crippen molar-refractivity contribution < 1.29 is 14.4 Å². The van der Waals surface area contributed by atoms with E-state index >= 15 is 0 Å².